The summed E-state index contributed by atoms with van der Waals surface area (Å²) in [4.78, 5) is 11.7. The normalized spacial score (nSPS) is 12.7. The molecule has 0 saturated heterocycles. The molecule has 0 aliphatic rings. The second kappa shape index (κ2) is 5.44. The topological polar surface area (TPSA) is 70.8 Å². The molecule has 0 spiro atoms. The highest BCUT2D eigenvalue weighted by Gasteiger charge is 2.40. The molecule has 0 aliphatic carbocycles. The summed E-state index contributed by atoms with van der Waals surface area (Å²) in [5.41, 5.74) is 5.04. The minimum absolute atomic E-state index is 0.274. The summed E-state index contributed by atoms with van der Waals surface area (Å²) in [7, 11) is 0. The lowest BCUT2D eigenvalue weighted by molar-refractivity contribution is -0.250. The van der Waals surface area contributed by atoms with Crippen molar-refractivity contribution in [1.29, 1.82) is 0 Å². The molecule has 0 radical (unpaired) electrons. The Kier molecular flexibility index (Phi) is 5.20. The van der Waals surface area contributed by atoms with Gasteiger partial charge < -0.3 is 14.2 Å². The average molecular weight is 219 g/mol. The van der Waals surface area contributed by atoms with E-state index in [1.54, 1.807) is 34.6 Å². The van der Waals surface area contributed by atoms with E-state index < -0.39 is 17.5 Å². The molecule has 0 aromatic heterocycles. The van der Waals surface area contributed by atoms with Gasteiger partial charge in [-0.15, -0.1) is 0 Å². The monoisotopic (exact) mass is 219 g/mol. The van der Waals surface area contributed by atoms with Crippen molar-refractivity contribution in [2.45, 2.75) is 46.1 Å². The molecule has 0 atom stereocenters. The predicted octanol–water partition coefficient (Wildman–Crippen LogP) is 1.01. The van der Waals surface area contributed by atoms with Crippen molar-refractivity contribution in [3.63, 3.8) is 0 Å². The van der Waals surface area contributed by atoms with Crippen LogP contribution >= 0.6 is 0 Å². The molecule has 0 rings (SSSR count). The van der Waals surface area contributed by atoms with E-state index in [1.807, 2.05) is 0 Å². The second-order valence-corrected chi connectivity index (χ2v) is 4.04. The molecule has 5 nitrogen and oxygen atoms in total. The van der Waals surface area contributed by atoms with Gasteiger partial charge >= 0.3 is 11.9 Å². The maximum atomic E-state index is 11.7. The Bertz CT molecular complexity index is 204. The third-order valence-electron chi connectivity index (χ3n) is 1.40. The first-order valence-corrected chi connectivity index (χ1v) is 5.05. The Hall–Kier alpha value is -0.650. The molecule has 0 unspecified atom stereocenters. The van der Waals surface area contributed by atoms with Crippen molar-refractivity contribution in [2.75, 3.05) is 13.2 Å². The molecule has 0 fully saturated rings. The minimum Gasteiger partial charge on any atom is -0.455 e. The molecule has 5 heteroatoms. The van der Waals surface area contributed by atoms with E-state index >= 15 is 0 Å². The molecule has 15 heavy (non-hydrogen) atoms. The highest BCUT2D eigenvalue weighted by molar-refractivity contribution is 5.77. The van der Waals surface area contributed by atoms with Crippen LogP contribution in [-0.4, -0.2) is 30.7 Å². The van der Waals surface area contributed by atoms with E-state index in [0.717, 1.165) is 0 Å². The summed E-state index contributed by atoms with van der Waals surface area (Å²) in [6.07, 6.45) is 0. The largest absolute Gasteiger partial charge is 0.455 e. The molecule has 2 N–H and O–H groups in total. The maximum Gasteiger partial charge on any atom is 0.384 e. The van der Waals surface area contributed by atoms with Gasteiger partial charge in [0.05, 0.1) is 0 Å². The van der Waals surface area contributed by atoms with Gasteiger partial charge in [0.1, 0.15) is 5.60 Å². The van der Waals surface area contributed by atoms with E-state index in [2.05, 4.69) is 0 Å². The van der Waals surface area contributed by atoms with Crippen LogP contribution in [0.25, 0.3) is 0 Å². The quantitative estimate of drug-likeness (QED) is 0.552. The number of rotatable bonds is 5. The summed E-state index contributed by atoms with van der Waals surface area (Å²) in [5.74, 6) is -2.50. The third kappa shape index (κ3) is 5.11. The van der Waals surface area contributed by atoms with Gasteiger partial charge in [-0.3, -0.25) is 5.73 Å². The van der Waals surface area contributed by atoms with Gasteiger partial charge in [-0.05, 0) is 34.6 Å². The van der Waals surface area contributed by atoms with Crippen LogP contribution in [0.4, 0.5) is 0 Å². The van der Waals surface area contributed by atoms with Crippen LogP contribution in [0.3, 0.4) is 0 Å². The van der Waals surface area contributed by atoms with Gasteiger partial charge in [0, 0.05) is 13.2 Å². The van der Waals surface area contributed by atoms with Crippen molar-refractivity contribution in [1.82, 2.24) is 0 Å². The Labute approximate surface area is 90.9 Å². The zero-order chi connectivity index (χ0) is 12.1. The smallest absolute Gasteiger partial charge is 0.384 e. The van der Waals surface area contributed by atoms with Gasteiger partial charge in [-0.1, -0.05) is 0 Å². The van der Waals surface area contributed by atoms with Gasteiger partial charge in [0.2, 0.25) is 0 Å². The lowest BCUT2D eigenvalue weighted by atomic mass is 10.2. The SMILES string of the molecule is CCOC(N)(OCC)C(=O)OC(C)(C)C. The first kappa shape index (κ1) is 14.3. The zero-order valence-electron chi connectivity index (χ0n) is 10.1. The van der Waals surface area contributed by atoms with Gasteiger partial charge in [0.25, 0.3) is 0 Å². The van der Waals surface area contributed by atoms with Crippen LogP contribution in [-0.2, 0) is 19.0 Å². The van der Waals surface area contributed by atoms with Crippen LogP contribution in [0.2, 0.25) is 0 Å². The van der Waals surface area contributed by atoms with E-state index in [9.17, 15) is 4.79 Å². The lowest BCUT2D eigenvalue weighted by Crippen LogP contribution is -2.55. The Balaban J connectivity index is 4.55. The van der Waals surface area contributed by atoms with Crippen molar-refractivity contribution in [2.24, 2.45) is 5.73 Å². The summed E-state index contributed by atoms with van der Waals surface area (Å²) >= 11 is 0. The molecule has 0 aromatic rings. The van der Waals surface area contributed by atoms with Gasteiger partial charge in [-0.2, -0.15) is 0 Å². The highest BCUT2D eigenvalue weighted by Crippen LogP contribution is 2.15. The Morgan fingerprint density at radius 1 is 1.13 bits per heavy atom. The first-order valence-electron chi connectivity index (χ1n) is 5.05. The van der Waals surface area contributed by atoms with E-state index in [-0.39, 0.29) is 13.2 Å². The number of ether oxygens (including phenoxy) is 3. The number of carbonyl (C=O) groups is 1. The fourth-order valence-corrected chi connectivity index (χ4v) is 0.938. The summed E-state index contributed by atoms with van der Waals surface area (Å²) < 4.78 is 15.2. The van der Waals surface area contributed by atoms with Crippen LogP contribution in [0.15, 0.2) is 0 Å². The number of carbonyl (C=O) groups excluding carboxylic acids is 1. The Morgan fingerprint density at radius 3 is 1.80 bits per heavy atom. The molecule has 90 valence electrons. The first-order chi connectivity index (χ1) is 6.75. The standard InChI is InChI=1S/C10H21NO4/c1-6-13-10(11,14-7-2)8(12)15-9(3,4)5/h6-7,11H2,1-5H3. The third-order valence-corrected chi connectivity index (χ3v) is 1.40. The van der Waals surface area contributed by atoms with E-state index in [1.165, 1.54) is 0 Å². The van der Waals surface area contributed by atoms with Crippen LogP contribution in [0.5, 0.6) is 0 Å². The zero-order valence-corrected chi connectivity index (χ0v) is 10.1. The number of hydrogen-bond acceptors (Lipinski definition) is 5. The summed E-state index contributed by atoms with van der Waals surface area (Å²) in [6.45, 7) is 9.26. The molecule has 0 bridgehead atoms. The van der Waals surface area contributed by atoms with Gasteiger partial charge in [0.15, 0.2) is 0 Å². The summed E-state index contributed by atoms with van der Waals surface area (Å²) in [5, 5.41) is 0. The number of nitrogens with two attached hydrogens (primary N) is 1. The minimum atomic E-state index is -1.79. The Morgan fingerprint density at radius 2 is 1.53 bits per heavy atom. The summed E-state index contributed by atoms with van der Waals surface area (Å²) in [6, 6.07) is 0. The van der Waals surface area contributed by atoms with Crippen LogP contribution in [0.1, 0.15) is 34.6 Å². The maximum absolute atomic E-state index is 11.7. The molecule has 0 heterocycles. The fraction of sp³-hybridized carbons (Fsp3) is 0.900. The van der Waals surface area contributed by atoms with E-state index in [4.69, 9.17) is 19.9 Å². The molecule has 0 aliphatic heterocycles. The van der Waals surface area contributed by atoms with E-state index in [0.29, 0.717) is 0 Å². The molecular formula is C10H21NO4. The number of hydrogen-bond donors (Lipinski definition) is 1. The second-order valence-electron chi connectivity index (χ2n) is 4.04. The molecule has 0 amide bonds. The average Bonchev–Trinajstić information content (AvgIpc) is 2.01. The van der Waals surface area contributed by atoms with Crippen LogP contribution in [0, 0.1) is 0 Å². The highest BCUT2D eigenvalue weighted by atomic mass is 16.7. The van der Waals surface area contributed by atoms with Crippen molar-refractivity contribution < 1.29 is 19.0 Å². The molecule has 0 saturated carbocycles. The predicted molar refractivity (Wildman–Crippen MR) is 56.0 cm³/mol. The number of esters is 1. The van der Waals surface area contributed by atoms with Crippen molar-refractivity contribution in [3.8, 4) is 0 Å². The molecular weight excluding hydrogens is 198 g/mol. The molecule has 0 aromatic carbocycles. The lowest BCUT2D eigenvalue weighted by Gasteiger charge is -2.30. The van der Waals surface area contributed by atoms with Gasteiger partial charge in [-0.25, -0.2) is 4.79 Å². The van der Waals surface area contributed by atoms with Crippen molar-refractivity contribution in [3.05, 3.63) is 0 Å². The fourth-order valence-electron chi connectivity index (χ4n) is 0.938. The van der Waals surface area contributed by atoms with Crippen LogP contribution < -0.4 is 5.73 Å². The van der Waals surface area contributed by atoms with Crippen molar-refractivity contribution >= 4 is 5.97 Å².